The van der Waals surface area contributed by atoms with Crippen LogP contribution >= 0.6 is 0 Å². The van der Waals surface area contributed by atoms with Crippen LogP contribution in [0.5, 0.6) is 0 Å². The third-order valence-electron chi connectivity index (χ3n) is 1.01. The van der Waals surface area contributed by atoms with Gasteiger partial charge in [0.25, 0.3) is 0 Å². The minimum Gasteiger partial charge on any atom is -0.402 e. The zero-order valence-electron chi connectivity index (χ0n) is 7.86. The standard InChI is InChI=1S/C7H4F3.BH3O3.Na/c8-7(9,10)6-4-2-1-3-5-6;2-1(3)4;/h1-4H;2-4H;/q-1;;+1. The molecular weight excluding hydrogens is 223 g/mol. The zero-order chi connectivity index (χ0) is 11.2. The molecule has 0 fully saturated rings. The van der Waals surface area contributed by atoms with Crippen LogP contribution in [0.3, 0.4) is 0 Å². The predicted molar refractivity (Wildman–Crippen MR) is 42.7 cm³/mol. The molecule has 0 aliphatic heterocycles. The second-order valence-electron chi connectivity index (χ2n) is 2.12. The quantitative estimate of drug-likeness (QED) is 0.340. The van der Waals surface area contributed by atoms with Gasteiger partial charge in [0.1, 0.15) is 0 Å². The van der Waals surface area contributed by atoms with Gasteiger partial charge < -0.3 is 15.1 Å². The molecule has 15 heavy (non-hydrogen) atoms. The van der Waals surface area contributed by atoms with Crippen molar-refractivity contribution >= 4 is 7.32 Å². The average Bonchev–Trinajstić information content (AvgIpc) is 2.03. The molecule has 0 radical (unpaired) electrons. The van der Waals surface area contributed by atoms with E-state index in [2.05, 4.69) is 6.07 Å². The normalized spacial score (nSPS) is 9.47. The summed E-state index contributed by atoms with van der Waals surface area (Å²) >= 11 is 0. The molecule has 0 spiro atoms. The predicted octanol–water partition coefficient (Wildman–Crippen LogP) is -2.54. The fourth-order valence-electron chi connectivity index (χ4n) is 0.570. The molecule has 0 bridgehead atoms. The maximum absolute atomic E-state index is 11.8. The number of rotatable bonds is 0. The van der Waals surface area contributed by atoms with Gasteiger partial charge in [-0.2, -0.15) is 43.5 Å². The van der Waals surface area contributed by atoms with E-state index < -0.39 is 19.1 Å². The van der Waals surface area contributed by atoms with Crippen molar-refractivity contribution in [1.82, 2.24) is 0 Å². The van der Waals surface area contributed by atoms with Gasteiger partial charge in [0, 0.05) is 0 Å². The van der Waals surface area contributed by atoms with Gasteiger partial charge in [0.2, 0.25) is 0 Å². The van der Waals surface area contributed by atoms with E-state index in [0.717, 1.165) is 6.07 Å². The molecule has 1 rings (SSSR count). The molecule has 1 aromatic carbocycles. The molecule has 0 unspecified atom stereocenters. The summed E-state index contributed by atoms with van der Waals surface area (Å²) in [6, 6.07) is 7.14. The molecule has 8 heteroatoms. The van der Waals surface area contributed by atoms with Gasteiger partial charge in [-0.1, -0.05) is 5.56 Å². The van der Waals surface area contributed by atoms with Crippen LogP contribution in [-0.4, -0.2) is 22.4 Å². The van der Waals surface area contributed by atoms with Crippen LogP contribution in [0.1, 0.15) is 5.56 Å². The van der Waals surface area contributed by atoms with Crippen molar-refractivity contribution in [2.24, 2.45) is 0 Å². The molecule has 78 valence electrons. The number of hydrogen-bond donors (Lipinski definition) is 3. The minimum absolute atomic E-state index is 0. The van der Waals surface area contributed by atoms with Crippen molar-refractivity contribution in [3.63, 3.8) is 0 Å². The molecule has 0 aliphatic carbocycles. The van der Waals surface area contributed by atoms with Crippen molar-refractivity contribution in [1.29, 1.82) is 0 Å². The zero-order valence-corrected chi connectivity index (χ0v) is 9.86. The summed E-state index contributed by atoms with van der Waals surface area (Å²) in [5, 5.41) is 21.5. The molecule has 0 amide bonds. The van der Waals surface area contributed by atoms with Crippen LogP contribution in [-0.2, 0) is 6.18 Å². The first-order valence-electron chi connectivity index (χ1n) is 3.42. The Kier molecular flexibility index (Phi) is 9.43. The Morgan fingerprint density at radius 2 is 1.60 bits per heavy atom. The number of halogens is 3. The van der Waals surface area contributed by atoms with Crippen LogP contribution in [0.25, 0.3) is 0 Å². The summed E-state index contributed by atoms with van der Waals surface area (Å²) < 4.78 is 35.3. The Bertz CT molecular complexity index is 253. The first-order valence-corrected chi connectivity index (χ1v) is 3.42. The van der Waals surface area contributed by atoms with Gasteiger partial charge in [-0.25, -0.2) is 0 Å². The van der Waals surface area contributed by atoms with E-state index in [-0.39, 0.29) is 29.6 Å². The molecule has 3 N–H and O–H groups in total. The molecule has 0 saturated heterocycles. The van der Waals surface area contributed by atoms with E-state index in [1.165, 1.54) is 18.2 Å². The maximum Gasteiger partial charge on any atom is 1.00 e. The molecule has 0 aliphatic rings. The molecule has 0 aromatic heterocycles. The third kappa shape index (κ3) is 10.2. The third-order valence-corrected chi connectivity index (χ3v) is 1.01. The second kappa shape index (κ2) is 8.15. The second-order valence-corrected chi connectivity index (χ2v) is 2.12. The van der Waals surface area contributed by atoms with Crippen molar-refractivity contribution in [3.8, 4) is 0 Å². The van der Waals surface area contributed by atoms with E-state index in [0.29, 0.717) is 0 Å². The topological polar surface area (TPSA) is 60.7 Å². The van der Waals surface area contributed by atoms with Gasteiger partial charge in [0.05, 0.1) is 0 Å². The van der Waals surface area contributed by atoms with Crippen LogP contribution in [0.4, 0.5) is 13.2 Å². The number of alkyl halides is 3. The minimum atomic E-state index is -4.26. The van der Waals surface area contributed by atoms with E-state index in [9.17, 15) is 13.2 Å². The van der Waals surface area contributed by atoms with E-state index in [4.69, 9.17) is 15.1 Å². The van der Waals surface area contributed by atoms with Crippen LogP contribution < -0.4 is 29.6 Å². The summed E-state index contributed by atoms with van der Waals surface area (Å²) in [7, 11) is -2.17. The number of benzene rings is 1. The first-order chi connectivity index (χ1) is 6.34. The van der Waals surface area contributed by atoms with Gasteiger partial charge in [-0.3, -0.25) is 0 Å². The molecule has 3 nitrogen and oxygen atoms in total. The Balaban J connectivity index is 0. The van der Waals surface area contributed by atoms with Crippen molar-refractivity contribution in [2.75, 3.05) is 0 Å². The summed E-state index contributed by atoms with van der Waals surface area (Å²) in [5.74, 6) is 0. The number of hydrogen-bond acceptors (Lipinski definition) is 3. The Labute approximate surface area is 107 Å². The van der Waals surface area contributed by atoms with Crippen LogP contribution in [0, 0.1) is 6.07 Å². The average molecular weight is 230 g/mol. The smallest absolute Gasteiger partial charge is 0.402 e. The molecule has 1 aromatic rings. The first kappa shape index (κ1) is 17.4. The maximum atomic E-state index is 11.8. The largest absolute Gasteiger partial charge is 1.00 e. The van der Waals surface area contributed by atoms with E-state index in [1.54, 1.807) is 0 Å². The Morgan fingerprint density at radius 3 is 1.80 bits per heavy atom. The van der Waals surface area contributed by atoms with Gasteiger partial charge in [0.15, 0.2) is 0 Å². The summed E-state index contributed by atoms with van der Waals surface area (Å²) in [5.41, 5.74) is -0.727. The fraction of sp³-hybridized carbons (Fsp3) is 0.143. The van der Waals surface area contributed by atoms with Crippen molar-refractivity contribution in [2.45, 2.75) is 6.18 Å². The van der Waals surface area contributed by atoms with Gasteiger partial charge in [-0.05, 0) is 0 Å². The van der Waals surface area contributed by atoms with E-state index >= 15 is 0 Å². The summed E-state index contributed by atoms with van der Waals surface area (Å²) in [6.07, 6.45) is -4.26. The fourth-order valence-corrected chi connectivity index (χ4v) is 0.570. The van der Waals surface area contributed by atoms with Crippen molar-refractivity contribution in [3.05, 3.63) is 35.9 Å². The molecule has 0 atom stereocenters. The Morgan fingerprint density at radius 1 is 1.13 bits per heavy atom. The van der Waals surface area contributed by atoms with Gasteiger partial charge >= 0.3 is 43.1 Å². The van der Waals surface area contributed by atoms with Crippen molar-refractivity contribution < 1.29 is 57.8 Å². The van der Waals surface area contributed by atoms with Crippen LogP contribution in [0.15, 0.2) is 24.3 Å². The Hall–Kier alpha value is -0.0451. The summed E-state index contributed by atoms with van der Waals surface area (Å²) in [4.78, 5) is 0. The van der Waals surface area contributed by atoms with Gasteiger partial charge in [-0.15, -0.1) is 0 Å². The SMILES string of the molecule is FC(F)(F)c1[c-]cccc1.OB(O)O.[Na+]. The van der Waals surface area contributed by atoms with E-state index in [1.807, 2.05) is 0 Å². The molecular formula is C7H7BF3NaO3. The summed E-state index contributed by atoms with van der Waals surface area (Å²) in [6.45, 7) is 0. The molecule has 0 heterocycles. The van der Waals surface area contributed by atoms with Crippen LogP contribution in [0.2, 0.25) is 0 Å². The monoisotopic (exact) mass is 230 g/mol. The molecule has 0 saturated carbocycles.